The van der Waals surface area contributed by atoms with Crippen LogP contribution >= 0.6 is 22.7 Å². The average molecular weight is 330 g/mol. The lowest BCUT2D eigenvalue weighted by Gasteiger charge is -2.05. The maximum absolute atomic E-state index is 12.2. The van der Waals surface area contributed by atoms with Gasteiger partial charge in [0.05, 0.1) is 4.90 Å². The molecule has 20 heavy (non-hydrogen) atoms. The molecule has 0 unspecified atom stereocenters. The Kier molecular flexibility index (Phi) is 5.34. The molecule has 0 fully saturated rings. The van der Waals surface area contributed by atoms with Crippen molar-refractivity contribution in [1.82, 2.24) is 10.0 Å². The predicted octanol–water partition coefficient (Wildman–Crippen LogP) is 2.79. The van der Waals surface area contributed by atoms with Crippen LogP contribution in [0.15, 0.2) is 33.9 Å². The Labute approximate surface area is 127 Å². The van der Waals surface area contributed by atoms with Crippen molar-refractivity contribution < 1.29 is 8.42 Å². The monoisotopic (exact) mass is 330 g/mol. The summed E-state index contributed by atoms with van der Waals surface area (Å²) in [5, 5.41) is 6.90. The highest BCUT2D eigenvalue weighted by Crippen LogP contribution is 2.20. The molecule has 0 aliphatic rings. The number of sulfonamides is 1. The zero-order valence-corrected chi connectivity index (χ0v) is 13.9. The summed E-state index contributed by atoms with van der Waals surface area (Å²) < 4.78 is 26.9. The minimum absolute atomic E-state index is 0.343. The molecule has 0 aliphatic carbocycles. The fraction of sp³-hybridized carbons (Fsp3) is 0.385. The summed E-state index contributed by atoms with van der Waals surface area (Å²) >= 11 is 3.00. The quantitative estimate of drug-likeness (QED) is 0.821. The molecule has 110 valence electrons. The molecular weight excluding hydrogens is 312 g/mol. The number of hydrogen-bond acceptors (Lipinski definition) is 5. The molecule has 2 N–H and O–H groups in total. The van der Waals surface area contributed by atoms with Gasteiger partial charge in [-0.25, -0.2) is 13.1 Å². The van der Waals surface area contributed by atoms with Crippen LogP contribution in [0, 0.1) is 0 Å². The predicted molar refractivity (Wildman–Crippen MR) is 84.6 cm³/mol. The van der Waals surface area contributed by atoms with Crippen molar-refractivity contribution in [3.8, 4) is 0 Å². The topological polar surface area (TPSA) is 58.2 Å². The largest absolute Gasteiger partial charge is 0.310 e. The van der Waals surface area contributed by atoms with Crippen molar-refractivity contribution in [2.75, 3.05) is 0 Å². The first-order valence-electron chi connectivity index (χ1n) is 6.30. The molecule has 0 atom stereocenters. The normalized spacial score (nSPS) is 12.2. The van der Waals surface area contributed by atoms with Crippen LogP contribution in [-0.2, 0) is 23.1 Å². The van der Waals surface area contributed by atoms with E-state index in [-0.39, 0.29) is 0 Å². The summed E-state index contributed by atoms with van der Waals surface area (Å²) in [6, 6.07) is 5.94. The number of rotatable bonds is 7. The SMILES string of the molecule is CC(C)NCc1cc(S(=O)(=O)NCc2cccs2)cs1. The molecule has 0 radical (unpaired) electrons. The Bertz CT molecular complexity index is 630. The zero-order chi connectivity index (χ0) is 14.6. The van der Waals surface area contributed by atoms with Gasteiger partial charge in [0.15, 0.2) is 0 Å². The molecule has 0 saturated heterocycles. The maximum atomic E-state index is 12.2. The first kappa shape index (κ1) is 15.7. The van der Waals surface area contributed by atoms with E-state index in [1.165, 1.54) is 11.3 Å². The zero-order valence-electron chi connectivity index (χ0n) is 11.4. The lowest BCUT2D eigenvalue weighted by atomic mass is 10.4. The lowest BCUT2D eigenvalue weighted by Crippen LogP contribution is -2.22. The van der Waals surface area contributed by atoms with Crippen molar-refractivity contribution in [1.29, 1.82) is 0 Å². The molecule has 0 spiro atoms. The number of nitrogens with one attached hydrogen (secondary N) is 2. The Morgan fingerprint density at radius 1 is 1.20 bits per heavy atom. The third-order valence-electron chi connectivity index (χ3n) is 2.64. The Morgan fingerprint density at radius 2 is 2.00 bits per heavy atom. The van der Waals surface area contributed by atoms with Crippen molar-refractivity contribution in [2.45, 2.75) is 37.9 Å². The van der Waals surface area contributed by atoms with Crippen molar-refractivity contribution in [3.05, 3.63) is 38.7 Å². The molecule has 2 rings (SSSR count). The molecule has 0 saturated carbocycles. The highest BCUT2D eigenvalue weighted by atomic mass is 32.2. The summed E-state index contributed by atoms with van der Waals surface area (Å²) in [5.74, 6) is 0. The van der Waals surface area contributed by atoms with Crippen molar-refractivity contribution >= 4 is 32.7 Å². The molecule has 0 amide bonds. The van der Waals surface area contributed by atoms with Crippen LogP contribution in [-0.4, -0.2) is 14.5 Å². The van der Waals surface area contributed by atoms with E-state index in [4.69, 9.17) is 0 Å². The first-order chi connectivity index (χ1) is 9.47. The highest BCUT2D eigenvalue weighted by Gasteiger charge is 2.16. The summed E-state index contributed by atoms with van der Waals surface area (Å²) in [5.41, 5.74) is 0. The van der Waals surface area contributed by atoms with E-state index in [0.29, 0.717) is 24.0 Å². The highest BCUT2D eigenvalue weighted by molar-refractivity contribution is 7.89. The standard InChI is InChI=1S/C13H18N2O2S3/c1-10(2)14-7-12-6-13(9-19-12)20(16,17)15-8-11-4-3-5-18-11/h3-6,9-10,14-15H,7-8H2,1-2H3. The second-order valence-electron chi connectivity index (χ2n) is 4.69. The Morgan fingerprint density at radius 3 is 2.65 bits per heavy atom. The molecule has 0 aliphatic heterocycles. The molecule has 7 heteroatoms. The van der Waals surface area contributed by atoms with E-state index in [0.717, 1.165) is 9.75 Å². The molecule has 2 heterocycles. The van der Waals surface area contributed by atoms with Gasteiger partial charge in [-0.15, -0.1) is 22.7 Å². The van der Waals surface area contributed by atoms with Crippen LogP contribution in [0.3, 0.4) is 0 Å². The van der Waals surface area contributed by atoms with Gasteiger partial charge in [-0.05, 0) is 17.5 Å². The van der Waals surface area contributed by atoms with Gasteiger partial charge < -0.3 is 5.32 Å². The van der Waals surface area contributed by atoms with Gasteiger partial charge in [0.25, 0.3) is 0 Å². The van der Waals surface area contributed by atoms with E-state index >= 15 is 0 Å². The molecule has 2 aromatic rings. The van der Waals surface area contributed by atoms with Crippen LogP contribution in [0.25, 0.3) is 0 Å². The van der Waals surface area contributed by atoms with E-state index in [1.54, 1.807) is 22.8 Å². The van der Waals surface area contributed by atoms with Gasteiger partial charge in [-0.2, -0.15) is 0 Å². The van der Waals surface area contributed by atoms with Gasteiger partial charge in [0.1, 0.15) is 0 Å². The van der Waals surface area contributed by atoms with Gasteiger partial charge >= 0.3 is 0 Å². The maximum Gasteiger partial charge on any atom is 0.241 e. The smallest absolute Gasteiger partial charge is 0.241 e. The Hall–Kier alpha value is -0.730. The van der Waals surface area contributed by atoms with Crippen LogP contribution in [0.1, 0.15) is 23.6 Å². The molecule has 4 nitrogen and oxygen atoms in total. The van der Waals surface area contributed by atoms with E-state index in [1.807, 2.05) is 17.5 Å². The molecule has 2 aromatic heterocycles. The fourth-order valence-electron chi connectivity index (χ4n) is 1.56. The summed E-state index contributed by atoms with van der Waals surface area (Å²) in [4.78, 5) is 2.38. The summed E-state index contributed by atoms with van der Waals surface area (Å²) in [7, 11) is -3.41. The molecular formula is C13H18N2O2S3. The third kappa shape index (κ3) is 4.39. The van der Waals surface area contributed by atoms with Crippen molar-refractivity contribution in [2.24, 2.45) is 0 Å². The first-order valence-corrected chi connectivity index (χ1v) is 9.54. The molecule has 0 bridgehead atoms. The Balaban J connectivity index is 1.98. The van der Waals surface area contributed by atoms with Gasteiger partial charge in [0, 0.05) is 34.3 Å². The van der Waals surface area contributed by atoms with Crippen LogP contribution < -0.4 is 10.0 Å². The number of hydrogen-bond donors (Lipinski definition) is 2. The second kappa shape index (κ2) is 6.82. The van der Waals surface area contributed by atoms with E-state index < -0.39 is 10.0 Å². The van der Waals surface area contributed by atoms with Gasteiger partial charge in [-0.1, -0.05) is 19.9 Å². The average Bonchev–Trinajstić information content (AvgIpc) is 3.05. The van der Waals surface area contributed by atoms with Crippen LogP contribution in [0.4, 0.5) is 0 Å². The lowest BCUT2D eigenvalue weighted by molar-refractivity contribution is 0.581. The summed E-state index contributed by atoms with van der Waals surface area (Å²) in [6.07, 6.45) is 0. The minimum Gasteiger partial charge on any atom is -0.310 e. The van der Waals surface area contributed by atoms with E-state index in [2.05, 4.69) is 23.9 Å². The fourth-order valence-corrected chi connectivity index (χ4v) is 4.53. The van der Waals surface area contributed by atoms with E-state index in [9.17, 15) is 8.42 Å². The van der Waals surface area contributed by atoms with Gasteiger partial charge in [0.2, 0.25) is 10.0 Å². The number of thiophene rings is 2. The van der Waals surface area contributed by atoms with Crippen molar-refractivity contribution in [3.63, 3.8) is 0 Å². The summed E-state index contributed by atoms with van der Waals surface area (Å²) in [6.45, 7) is 5.17. The third-order valence-corrected chi connectivity index (χ3v) is 5.98. The van der Waals surface area contributed by atoms with Crippen LogP contribution in [0.2, 0.25) is 0 Å². The van der Waals surface area contributed by atoms with Crippen LogP contribution in [0.5, 0.6) is 0 Å². The van der Waals surface area contributed by atoms with Gasteiger partial charge in [-0.3, -0.25) is 0 Å². The molecule has 0 aromatic carbocycles. The second-order valence-corrected chi connectivity index (χ2v) is 8.48. The minimum atomic E-state index is -3.41.